The second kappa shape index (κ2) is 4.12. The van der Waals surface area contributed by atoms with Crippen molar-refractivity contribution in [3.8, 4) is 0 Å². The van der Waals surface area contributed by atoms with Crippen LogP contribution in [0.5, 0.6) is 0 Å². The number of alkyl halides is 3. The lowest BCUT2D eigenvalue weighted by atomic mass is 9.86. The third kappa shape index (κ3) is 2.11. The number of hydrogen-bond donors (Lipinski definition) is 1. The van der Waals surface area contributed by atoms with E-state index in [9.17, 15) is 18.0 Å². The number of aliphatic imine (C=N–C) groups is 1. The van der Waals surface area contributed by atoms with Crippen molar-refractivity contribution in [2.45, 2.75) is 17.8 Å². The molecule has 3 nitrogen and oxygen atoms in total. The van der Waals surface area contributed by atoms with E-state index >= 15 is 0 Å². The molecule has 0 fully saturated rings. The molecule has 0 amide bonds. The summed E-state index contributed by atoms with van der Waals surface area (Å²) in [5.41, 5.74) is 0.126. The fourth-order valence-corrected chi connectivity index (χ4v) is 3.54. The van der Waals surface area contributed by atoms with Crippen LogP contribution in [0.4, 0.5) is 13.2 Å². The molecule has 1 aliphatic carbocycles. The molecule has 0 aromatic heterocycles. The van der Waals surface area contributed by atoms with Crippen LogP contribution in [-0.4, -0.2) is 27.0 Å². The summed E-state index contributed by atoms with van der Waals surface area (Å²) in [5.74, 6) is -3.08. The molecule has 2 aliphatic rings. The summed E-state index contributed by atoms with van der Waals surface area (Å²) in [6.45, 7) is 1.36. The third-order valence-corrected chi connectivity index (χ3v) is 4.61. The predicted molar refractivity (Wildman–Crippen MR) is 65.7 cm³/mol. The number of carboxylic acid groups (broad SMARTS) is 1. The number of rotatable bonds is 1. The largest absolute Gasteiger partial charge is 0.476 e. The maximum absolute atomic E-state index is 13.0. The smallest absolute Gasteiger partial charge is 0.396 e. The van der Waals surface area contributed by atoms with Gasteiger partial charge in [-0.3, -0.25) is 0 Å². The Hall–Kier alpha value is -0.760. The molecule has 0 spiro atoms. The van der Waals surface area contributed by atoms with Gasteiger partial charge < -0.3 is 5.11 Å². The summed E-state index contributed by atoms with van der Waals surface area (Å²) in [7, 11) is 0. The number of thioether (sulfide) groups is 1. The van der Waals surface area contributed by atoms with E-state index in [1.54, 1.807) is 0 Å². The number of aliphatic carboxylic acids is 1. The van der Waals surface area contributed by atoms with E-state index < -0.39 is 22.8 Å². The molecule has 0 saturated heterocycles. The van der Waals surface area contributed by atoms with Gasteiger partial charge in [0.15, 0.2) is 5.04 Å². The van der Waals surface area contributed by atoms with Crippen molar-refractivity contribution in [1.29, 1.82) is 0 Å². The van der Waals surface area contributed by atoms with Crippen molar-refractivity contribution in [1.82, 2.24) is 0 Å². The van der Waals surface area contributed by atoms with Crippen LogP contribution in [0, 0.1) is 5.92 Å². The van der Waals surface area contributed by atoms with Gasteiger partial charge in [-0.05, 0) is 13.0 Å². The second-order valence-corrected chi connectivity index (χ2v) is 6.39. The zero-order valence-corrected chi connectivity index (χ0v) is 11.4. The second-order valence-electron chi connectivity index (χ2n) is 4.03. The van der Waals surface area contributed by atoms with Gasteiger partial charge in [-0.1, -0.05) is 33.8 Å². The molecule has 0 radical (unpaired) electrons. The first-order valence-electron chi connectivity index (χ1n) is 4.82. The maximum atomic E-state index is 13.0. The third-order valence-electron chi connectivity index (χ3n) is 2.77. The SMILES string of the molecule is CC12SC(C(=O)O)=NC1=CC(Br)=CC2C(F)(F)F. The maximum Gasteiger partial charge on any atom is 0.396 e. The molecular formula is C10H7BrF3NO2S. The van der Waals surface area contributed by atoms with E-state index in [0.29, 0.717) is 11.8 Å². The van der Waals surface area contributed by atoms with Crippen molar-refractivity contribution in [2.75, 3.05) is 0 Å². The van der Waals surface area contributed by atoms with Crippen molar-refractivity contribution in [2.24, 2.45) is 10.9 Å². The zero-order valence-electron chi connectivity index (χ0n) is 8.95. The first-order chi connectivity index (χ1) is 8.14. The first kappa shape index (κ1) is 13.7. The Kier molecular flexibility index (Phi) is 3.13. The summed E-state index contributed by atoms with van der Waals surface area (Å²) >= 11 is 3.64. The minimum Gasteiger partial charge on any atom is -0.476 e. The Balaban J connectivity index is 2.49. The molecule has 2 rings (SSSR count). The number of allylic oxidation sites excluding steroid dienone is 3. The van der Waals surface area contributed by atoms with E-state index in [4.69, 9.17) is 5.11 Å². The highest BCUT2D eigenvalue weighted by atomic mass is 79.9. The average Bonchev–Trinajstić information content (AvgIpc) is 2.53. The molecular weight excluding hydrogens is 335 g/mol. The standard InChI is InChI=1S/C10H7BrF3NO2S/c1-9-5(10(12,13)14)2-4(11)3-6(9)15-7(18-9)8(16)17/h2-3,5H,1H3,(H,16,17). The normalized spacial score (nSPS) is 31.4. The van der Waals surface area contributed by atoms with Crippen LogP contribution in [0.1, 0.15) is 6.92 Å². The first-order valence-corrected chi connectivity index (χ1v) is 6.43. The van der Waals surface area contributed by atoms with Gasteiger partial charge in [0.05, 0.1) is 16.4 Å². The Morgan fingerprint density at radius 1 is 1.61 bits per heavy atom. The Morgan fingerprint density at radius 2 is 2.22 bits per heavy atom. The highest BCUT2D eigenvalue weighted by molar-refractivity contribution is 9.11. The van der Waals surface area contributed by atoms with E-state index in [1.807, 2.05) is 0 Å². The molecule has 1 N–H and O–H groups in total. The van der Waals surface area contributed by atoms with Crippen LogP contribution in [0.3, 0.4) is 0 Å². The van der Waals surface area contributed by atoms with Crippen LogP contribution in [0.15, 0.2) is 27.3 Å². The van der Waals surface area contributed by atoms with Crippen molar-refractivity contribution in [3.63, 3.8) is 0 Å². The molecule has 98 valence electrons. The molecule has 0 aromatic rings. The Labute approximate surface area is 113 Å². The van der Waals surface area contributed by atoms with Gasteiger partial charge in [-0.25, -0.2) is 9.79 Å². The lowest BCUT2D eigenvalue weighted by Gasteiger charge is -2.35. The Morgan fingerprint density at radius 3 is 2.72 bits per heavy atom. The van der Waals surface area contributed by atoms with Gasteiger partial charge in [-0.15, -0.1) is 0 Å². The topological polar surface area (TPSA) is 49.7 Å². The van der Waals surface area contributed by atoms with Crippen LogP contribution in [0.25, 0.3) is 0 Å². The monoisotopic (exact) mass is 341 g/mol. The fourth-order valence-electron chi connectivity index (χ4n) is 1.89. The molecule has 2 atom stereocenters. The zero-order chi connectivity index (χ0) is 13.7. The number of carbonyl (C=O) groups is 1. The summed E-state index contributed by atoms with van der Waals surface area (Å²) < 4.78 is 37.9. The lowest BCUT2D eigenvalue weighted by Crippen LogP contribution is -2.41. The number of fused-ring (bicyclic) bond motifs is 1. The van der Waals surface area contributed by atoms with E-state index in [2.05, 4.69) is 20.9 Å². The highest BCUT2D eigenvalue weighted by Gasteiger charge is 2.57. The molecule has 0 bridgehead atoms. The average molecular weight is 342 g/mol. The molecule has 18 heavy (non-hydrogen) atoms. The Bertz CT molecular complexity index is 512. The quantitative estimate of drug-likeness (QED) is 0.795. The van der Waals surface area contributed by atoms with Gasteiger partial charge in [0.25, 0.3) is 0 Å². The van der Waals surface area contributed by atoms with Gasteiger partial charge in [0.1, 0.15) is 0 Å². The van der Waals surface area contributed by atoms with E-state index in [1.165, 1.54) is 13.0 Å². The van der Waals surface area contributed by atoms with Gasteiger partial charge in [-0.2, -0.15) is 13.2 Å². The molecule has 8 heteroatoms. The van der Waals surface area contributed by atoms with Crippen molar-refractivity contribution in [3.05, 3.63) is 22.3 Å². The minimum atomic E-state index is -4.45. The van der Waals surface area contributed by atoms with E-state index in [0.717, 1.165) is 6.08 Å². The summed E-state index contributed by atoms with van der Waals surface area (Å²) in [6.07, 6.45) is -1.99. The number of hydrogen-bond acceptors (Lipinski definition) is 3. The molecule has 1 aliphatic heterocycles. The van der Waals surface area contributed by atoms with Gasteiger partial charge in [0, 0.05) is 4.48 Å². The molecule has 0 aromatic carbocycles. The lowest BCUT2D eigenvalue weighted by molar-refractivity contribution is -0.166. The number of halogens is 4. The highest BCUT2D eigenvalue weighted by Crippen LogP contribution is 2.54. The summed E-state index contributed by atoms with van der Waals surface area (Å²) in [5, 5.41) is 8.53. The van der Waals surface area contributed by atoms with E-state index in [-0.39, 0.29) is 15.2 Å². The van der Waals surface area contributed by atoms with Crippen LogP contribution >= 0.6 is 27.7 Å². The van der Waals surface area contributed by atoms with Gasteiger partial charge in [0.2, 0.25) is 0 Å². The van der Waals surface area contributed by atoms with Crippen LogP contribution < -0.4 is 0 Å². The molecule has 0 saturated carbocycles. The molecule has 1 heterocycles. The van der Waals surface area contributed by atoms with Gasteiger partial charge >= 0.3 is 12.1 Å². The number of carboxylic acids is 1. The summed E-state index contributed by atoms with van der Waals surface area (Å²) in [6, 6.07) is 0. The summed E-state index contributed by atoms with van der Waals surface area (Å²) in [4.78, 5) is 14.6. The fraction of sp³-hybridized carbons (Fsp3) is 0.400. The number of nitrogens with zero attached hydrogens (tertiary/aromatic N) is 1. The minimum absolute atomic E-state index is 0.126. The van der Waals surface area contributed by atoms with Crippen molar-refractivity contribution < 1.29 is 23.1 Å². The van der Waals surface area contributed by atoms with Crippen LogP contribution in [-0.2, 0) is 4.79 Å². The predicted octanol–water partition coefficient (Wildman–Crippen LogP) is 3.33. The van der Waals surface area contributed by atoms with Crippen LogP contribution in [0.2, 0.25) is 0 Å². The van der Waals surface area contributed by atoms with Crippen molar-refractivity contribution >= 4 is 38.7 Å². The molecule has 2 unspecified atom stereocenters.